The van der Waals surface area contributed by atoms with Gasteiger partial charge < -0.3 is 4.52 Å². The normalized spacial score (nSPS) is 23.5. The predicted molar refractivity (Wildman–Crippen MR) is 79.4 cm³/mol. The Bertz CT molecular complexity index is 757. The SMILES string of the molecule is CC1(F)CCCN(S(=O)(=O)c2ccccc2-c2ccno2)C1. The first-order chi connectivity index (χ1) is 10.4. The molecule has 0 spiro atoms. The van der Waals surface area contributed by atoms with E-state index < -0.39 is 15.7 Å². The maximum atomic E-state index is 14.2. The number of hydrogen-bond acceptors (Lipinski definition) is 4. The van der Waals surface area contributed by atoms with Crippen molar-refractivity contribution in [2.75, 3.05) is 13.1 Å². The molecule has 5 nitrogen and oxygen atoms in total. The first-order valence-electron chi connectivity index (χ1n) is 7.09. The topological polar surface area (TPSA) is 63.4 Å². The molecule has 2 aromatic rings. The Morgan fingerprint density at radius 1 is 1.32 bits per heavy atom. The van der Waals surface area contributed by atoms with Gasteiger partial charge in [0.15, 0.2) is 5.76 Å². The van der Waals surface area contributed by atoms with Gasteiger partial charge in [-0.3, -0.25) is 0 Å². The van der Waals surface area contributed by atoms with Gasteiger partial charge in [0.05, 0.1) is 11.1 Å². The van der Waals surface area contributed by atoms with Crippen molar-refractivity contribution in [3.63, 3.8) is 0 Å². The highest BCUT2D eigenvalue weighted by atomic mass is 32.2. The third-order valence-electron chi connectivity index (χ3n) is 3.82. The number of halogens is 1. The zero-order chi connectivity index (χ0) is 15.8. The second-order valence-electron chi connectivity index (χ2n) is 5.73. The van der Waals surface area contributed by atoms with Crippen molar-refractivity contribution in [1.82, 2.24) is 9.46 Å². The van der Waals surface area contributed by atoms with E-state index in [-0.39, 0.29) is 11.4 Å². The van der Waals surface area contributed by atoms with Gasteiger partial charge in [0, 0.05) is 24.7 Å². The number of nitrogens with zero attached hydrogens (tertiary/aromatic N) is 2. The van der Waals surface area contributed by atoms with E-state index in [1.54, 1.807) is 24.3 Å². The van der Waals surface area contributed by atoms with Crippen molar-refractivity contribution in [2.24, 2.45) is 0 Å². The Balaban J connectivity index is 2.03. The first kappa shape index (κ1) is 15.2. The molecular formula is C15H17FN2O3S. The molecule has 1 aliphatic heterocycles. The van der Waals surface area contributed by atoms with E-state index in [1.165, 1.54) is 23.5 Å². The standard InChI is InChI=1S/C15H17FN2O3S/c1-15(16)8-4-10-18(11-15)22(19,20)14-6-3-2-5-12(14)13-7-9-17-21-13/h2-3,5-7,9H,4,8,10-11H2,1H3. The van der Waals surface area contributed by atoms with Crippen LogP contribution in [0.1, 0.15) is 19.8 Å². The lowest BCUT2D eigenvalue weighted by atomic mass is 9.99. The van der Waals surface area contributed by atoms with Crippen LogP contribution in [0.15, 0.2) is 45.9 Å². The fourth-order valence-corrected chi connectivity index (χ4v) is 4.53. The Kier molecular flexibility index (Phi) is 3.78. The van der Waals surface area contributed by atoms with Crippen LogP contribution in [0.25, 0.3) is 11.3 Å². The maximum Gasteiger partial charge on any atom is 0.243 e. The van der Waals surface area contributed by atoms with E-state index in [2.05, 4.69) is 5.16 Å². The molecule has 2 heterocycles. The van der Waals surface area contributed by atoms with Crippen molar-refractivity contribution in [3.8, 4) is 11.3 Å². The second kappa shape index (κ2) is 5.48. The molecule has 0 bridgehead atoms. The lowest BCUT2D eigenvalue weighted by Gasteiger charge is -2.34. The van der Waals surface area contributed by atoms with Crippen molar-refractivity contribution in [1.29, 1.82) is 0 Å². The Morgan fingerprint density at radius 2 is 2.09 bits per heavy atom. The minimum Gasteiger partial charge on any atom is -0.356 e. The van der Waals surface area contributed by atoms with E-state index in [1.807, 2.05) is 0 Å². The summed E-state index contributed by atoms with van der Waals surface area (Å²) in [5.41, 5.74) is -1.06. The van der Waals surface area contributed by atoms with E-state index in [0.717, 1.165) is 0 Å². The van der Waals surface area contributed by atoms with E-state index >= 15 is 0 Å². The van der Waals surface area contributed by atoms with Gasteiger partial charge in [0.1, 0.15) is 5.67 Å². The summed E-state index contributed by atoms with van der Waals surface area (Å²) >= 11 is 0. The third-order valence-corrected chi connectivity index (χ3v) is 5.72. The second-order valence-corrected chi connectivity index (χ2v) is 7.63. The number of piperidine rings is 1. The van der Waals surface area contributed by atoms with E-state index in [4.69, 9.17) is 4.52 Å². The predicted octanol–water partition coefficient (Wildman–Crippen LogP) is 2.85. The van der Waals surface area contributed by atoms with Crippen LogP contribution in [0, 0.1) is 0 Å². The van der Waals surface area contributed by atoms with Gasteiger partial charge in [0.25, 0.3) is 0 Å². The lowest BCUT2D eigenvalue weighted by molar-refractivity contribution is 0.102. The molecule has 7 heteroatoms. The summed E-state index contributed by atoms with van der Waals surface area (Å²) in [6.45, 7) is 1.64. The first-order valence-corrected chi connectivity index (χ1v) is 8.53. The molecule has 0 saturated carbocycles. The minimum absolute atomic E-state index is 0.115. The summed E-state index contributed by atoms with van der Waals surface area (Å²) in [4.78, 5) is 0.115. The van der Waals surface area contributed by atoms with Crippen LogP contribution in [0.5, 0.6) is 0 Å². The van der Waals surface area contributed by atoms with Crippen LogP contribution in [0.2, 0.25) is 0 Å². The molecule has 0 radical (unpaired) electrons. The van der Waals surface area contributed by atoms with Crippen molar-refractivity contribution in [2.45, 2.75) is 30.3 Å². The molecule has 1 fully saturated rings. The fourth-order valence-electron chi connectivity index (χ4n) is 2.74. The number of benzene rings is 1. The number of aromatic nitrogens is 1. The van der Waals surface area contributed by atoms with Gasteiger partial charge >= 0.3 is 0 Å². The molecular weight excluding hydrogens is 307 g/mol. The maximum absolute atomic E-state index is 14.2. The van der Waals surface area contributed by atoms with Crippen LogP contribution < -0.4 is 0 Å². The molecule has 1 unspecified atom stereocenters. The zero-order valence-corrected chi connectivity index (χ0v) is 13.0. The van der Waals surface area contributed by atoms with Crippen LogP contribution in [-0.2, 0) is 10.0 Å². The van der Waals surface area contributed by atoms with Crippen LogP contribution in [0.3, 0.4) is 0 Å². The summed E-state index contributed by atoms with van der Waals surface area (Å²) in [7, 11) is -3.78. The smallest absolute Gasteiger partial charge is 0.243 e. The Labute approximate surface area is 128 Å². The average Bonchev–Trinajstić information content (AvgIpc) is 3.00. The molecule has 1 atom stereocenters. The number of hydrogen-bond donors (Lipinski definition) is 0. The van der Waals surface area contributed by atoms with Gasteiger partial charge in [-0.05, 0) is 31.9 Å². The highest BCUT2D eigenvalue weighted by Gasteiger charge is 2.38. The van der Waals surface area contributed by atoms with Crippen LogP contribution in [-0.4, -0.2) is 36.6 Å². The summed E-state index contributed by atoms with van der Waals surface area (Å²) in [6.07, 6.45) is 2.34. The molecule has 0 aliphatic carbocycles. The molecule has 1 aromatic carbocycles. The molecule has 0 N–H and O–H groups in total. The molecule has 118 valence electrons. The number of rotatable bonds is 3. The molecule has 1 saturated heterocycles. The quantitative estimate of drug-likeness (QED) is 0.871. The van der Waals surface area contributed by atoms with Gasteiger partial charge in [-0.15, -0.1) is 0 Å². The van der Waals surface area contributed by atoms with E-state index in [9.17, 15) is 12.8 Å². The lowest BCUT2D eigenvalue weighted by Crippen LogP contribution is -2.46. The summed E-state index contributed by atoms with van der Waals surface area (Å²) in [5, 5.41) is 3.61. The van der Waals surface area contributed by atoms with Gasteiger partial charge in [-0.25, -0.2) is 12.8 Å². The van der Waals surface area contributed by atoms with Crippen molar-refractivity contribution >= 4 is 10.0 Å². The van der Waals surface area contributed by atoms with Crippen molar-refractivity contribution < 1.29 is 17.3 Å². The Morgan fingerprint density at radius 3 is 2.77 bits per heavy atom. The fraction of sp³-hybridized carbons (Fsp3) is 0.400. The van der Waals surface area contributed by atoms with Crippen molar-refractivity contribution in [3.05, 3.63) is 36.5 Å². The molecule has 1 aliphatic rings. The van der Waals surface area contributed by atoms with Gasteiger partial charge in [-0.1, -0.05) is 17.3 Å². The highest BCUT2D eigenvalue weighted by Crippen LogP contribution is 2.33. The Hall–Kier alpha value is -1.73. The molecule has 1 aromatic heterocycles. The number of alkyl halides is 1. The molecule has 3 rings (SSSR count). The van der Waals surface area contributed by atoms with Gasteiger partial charge in [0.2, 0.25) is 10.0 Å². The molecule has 0 amide bonds. The number of sulfonamides is 1. The van der Waals surface area contributed by atoms with Crippen LogP contribution >= 0.6 is 0 Å². The van der Waals surface area contributed by atoms with E-state index in [0.29, 0.717) is 30.7 Å². The summed E-state index contributed by atoms with van der Waals surface area (Å²) in [6, 6.07) is 8.14. The third kappa shape index (κ3) is 2.78. The minimum atomic E-state index is -3.78. The van der Waals surface area contributed by atoms with Crippen LogP contribution in [0.4, 0.5) is 4.39 Å². The van der Waals surface area contributed by atoms with Gasteiger partial charge in [-0.2, -0.15) is 4.31 Å². The summed E-state index contributed by atoms with van der Waals surface area (Å²) < 4.78 is 46.3. The summed E-state index contributed by atoms with van der Waals surface area (Å²) in [5.74, 6) is 0.374. The molecule has 22 heavy (non-hydrogen) atoms. The monoisotopic (exact) mass is 324 g/mol. The largest absolute Gasteiger partial charge is 0.356 e. The highest BCUT2D eigenvalue weighted by molar-refractivity contribution is 7.89. The average molecular weight is 324 g/mol. The zero-order valence-electron chi connectivity index (χ0n) is 12.2.